The van der Waals surface area contributed by atoms with Crippen molar-refractivity contribution >= 4 is 12.0 Å². The van der Waals surface area contributed by atoms with Crippen molar-refractivity contribution in [3.63, 3.8) is 0 Å². The van der Waals surface area contributed by atoms with Gasteiger partial charge in [0.15, 0.2) is 0 Å². The first-order valence-corrected chi connectivity index (χ1v) is 3.71. The lowest BCUT2D eigenvalue weighted by Gasteiger charge is -1.91. The van der Waals surface area contributed by atoms with E-state index < -0.39 is 0 Å². The number of rotatable bonds is 0. The zero-order valence-corrected chi connectivity index (χ0v) is 6.43. The largest absolute Gasteiger partial charge is 0.461 e. The fraction of sp³-hybridized carbons (Fsp3) is 0.667. The summed E-state index contributed by atoms with van der Waals surface area (Å²) in [5.74, 6) is 0. The first-order chi connectivity index (χ1) is 5.95. The molecule has 0 spiro atoms. The van der Waals surface area contributed by atoms with Crippen molar-refractivity contribution < 1.29 is 9.47 Å². The topological polar surface area (TPSA) is 67.9 Å². The Labute approximate surface area is 69.0 Å². The van der Waals surface area contributed by atoms with E-state index in [1.54, 1.807) is 0 Å². The van der Waals surface area contributed by atoms with Gasteiger partial charge < -0.3 is 9.47 Å². The van der Waals surface area contributed by atoms with Crippen LogP contribution in [0.25, 0.3) is 0 Å². The third-order valence-electron chi connectivity index (χ3n) is 1.36. The van der Waals surface area contributed by atoms with Gasteiger partial charge in [0, 0.05) is 0 Å². The highest BCUT2D eigenvalue weighted by Crippen LogP contribution is 1.99. The fourth-order valence-corrected chi connectivity index (χ4v) is 0.854. The van der Waals surface area contributed by atoms with Crippen molar-refractivity contribution in [2.75, 3.05) is 26.3 Å². The first-order valence-electron chi connectivity index (χ1n) is 3.71. The fourth-order valence-electron chi connectivity index (χ4n) is 0.854. The van der Waals surface area contributed by atoms with E-state index in [0.29, 0.717) is 38.3 Å². The Morgan fingerprint density at radius 1 is 0.917 bits per heavy atom. The molecule has 64 valence electrons. The van der Waals surface area contributed by atoms with Crippen molar-refractivity contribution in [2.24, 2.45) is 20.2 Å². The molecular formula is C6H8N4O2. The van der Waals surface area contributed by atoms with Crippen molar-refractivity contribution in [2.45, 2.75) is 0 Å². The summed E-state index contributed by atoms with van der Waals surface area (Å²) in [7, 11) is 0. The lowest BCUT2D eigenvalue weighted by molar-refractivity contribution is 0.333. The third kappa shape index (κ3) is 1.58. The summed E-state index contributed by atoms with van der Waals surface area (Å²) in [4.78, 5) is 7.84. The third-order valence-corrected chi connectivity index (χ3v) is 1.36. The van der Waals surface area contributed by atoms with Crippen LogP contribution in [0.3, 0.4) is 0 Å². The average Bonchev–Trinajstić information content (AvgIpc) is 2.74. The van der Waals surface area contributed by atoms with E-state index in [9.17, 15) is 0 Å². The highest BCUT2D eigenvalue weighted by molar-refractivity contribution is 5.80. The Kier molecular flexibility index (Phi) is 1.98. The molecule has 6 heteroatoms. The molecular weight excluding hydrogens is 160 g/mol. The molecule has 0 saturated carbocycles. The normalized spacial score (nSPS) is 22.0. The molecule has 2 rings (SSSR count). The molecule has 2 aliphatic rings. The SMILES string of the molecule is C1COC(N=NC2=NCCO2)=N1. The van der Waals surface area contributed by atoms with Gasteiger partial charge in [-0.25, -0.2) is 9.98 Å². The molecule has 0 bridgehead atoms. The molecule has 0 aromatic rings. The minimum Gasteiger partial charge on any atom is -0.461 e. The second-order valence-corrected chi connectivity index (χ2v) is 2.23. The van der Waals surface area contributed by atoms with E-state index in [4.69, 9.17) is 9.47 Å². The molecule has 0 unspecified atom stereocenters. The summed E-state index contributed by atoms with van der Waals surface area (Å²) in [6, 6.07) is 0.626. The second kappa shape index (κ2) is 3.29. The molecule has 0 aromatic carbocycles. The Bertz CT molecular complexity index is 232. The Morgan fingerprint density at radius 3 is 1.75 bits per heavy atom. The lowest BCUT2D eigenvalue weighted by atomic mass is 10.8. The summed E-state index contributed by atoms with van der Waals surface area (Å²) < 4.78 is 9.98. The summed E-state index contributed by atoms with van der Waals surface area (Å²) in [6.45, 7) is 2.48. The number of nitrogens with zero attached hydrogens (tertiary/aromatic N) is 4. The smallest absolute Gasteiger partial charge is 0.331 e. The molecule has 2 aliphatic heterocycles. The zero-order valence-electron chi connectivity index (χ0n) is 6.43. The zero-order chi connectivity index (χ0) is 8.23. The van der Waals surface area contributed by atoms with E-state index >= 15 is 0 Å². The van der Waals surface area contributed by atoms with E-state index in [2.05, 4.69) is 20.2 Å². The van der Waals surface area contributed by atoms with E-state index in [1.165, 1.54) is 0 Å². The second-order valence-electron chi connectivity index (χ2n) is 2.23. The molecule has 6 nitrogen and oxygen atoms in total. The van der Waals surface area contributed by atoms with Gasteiger partial charge in [-0.1, -0.05) is 10.2 Å². The van der Waals surface area contributed by atoms with Crippen molar-refractivity contribution in [1.82, 2.24) is 0 Å². The van der Waals surface area contributed by atoms with Crippen molar-refractivity contribution in [3.8, 4) is 0 Å². The van der Waals surface area contributed by atoms with Gasteiger partial charge in [-0.15, -0.1) is 0 Å². The molecule has 0 N–H and O–H groups in total. The van der Waals surface area contributed by atoms with Gasteiger partial charge in [-0.3, -0.25) is 0 Å². The van der Waals surface area contributed by atoms with Crippen LogP contribution in [0.2, 0.25) is 0 Å². The predicted octanol–water partition coefficient (Wildman–Crippen LogP) is 0.211. The highest BCUT2D eigenvalue weighted by atomic mass is 16.5. The molecule has 0 saturated heterocycles. The molecule has 2 heterocycles. The van der Waals surface area contributed by atoms with Crippen LogP contribution in [0.5, 0.6) is 0 Å². The summed E-state index contributed by atoms with van der Waals surface area (Å²) in [5, 5.41) is 7.40. The average molecular weight is 168 g/mol. The Balaban J connectivity index is 1.92. The lowest BCUT2D eigenvalue weighted by Crippen LogP contribution is -1.97. The van der Waals surface area contributed by atoms with Crippen LogP contribution in [0, 0.1) is 0 Å². The maximum atomic E-state index is 4.99. The van der Waals surface area contributed by atoms with Crippen LogP contribution in [0.1, 0.15) is 0 Å². The minimum absolute atomic E-state index is 0.313. The van der Waals surface area contributed by atoms with Crippen LogP contribution in [0.4, 0.5) is 0 Å². The van der Waals surface area contributed by atoms with E-state index in [-0.39, 0.29) is 0 Å². The first kappa shape index (κ1) is 7.20. The Hall–Kier alpha value is -1.46. The quantitative estimate of drug-likeness (QED) is 0.485. The van der Waals surface area contributed by atoms with Gasteiger partial charge >= 0.3 is 12.0 Å². The van der Waals surface area contributed by atoms with Crippen LogP contribution >= 0.6 is 0 Å². The van der Waals surface area contributed by atoms with Crippen LogP contribution in [0.15, 0.2) is 20.2 Å². The van der Waals surface area contributed by atoms with Gasteiger partial charge in [0.05, 0.1) is 13.1 Å². The highest BCUT2D eigenvalue weighted by Gasteiger charge is 2.08. The molecule has 0 amide bonds. The number of hydrogen-bond acceptors (Lipinski definition) is 6. The molecule has 0 aromatic heterocycles. The standard InChI is InChI=1S/C6H8N4O2/c1-3-11-5(7-1)9-10-6-8-2-4-12-6/h1-4H2. The molecule has 0 radical (unpaired) electrons. The monoisotopic (exact) mass is 168 g/mol. The molecule has 0 aliphatic carbocycles. The van der Waals surface area contributed by atoms with Crippen LogP contribution in [-0.2, 0) is 9.47 Å². The minimum atomic E-state index is 0.313. The van der Waals surface area contributed by atoms with Crippen molar-refractivity contribution in [1.29, 1.82) is 0 Å². The van der Waals surface area contributed by atoms with Gasteiger partial charge in [0.25, 0.3) is 0 Å². The maximum Gasteiger partial charge on any atom is 0.331 e. The van der Waals surface area contributed by atoms with Crippen LogP contribution < -0.4 is 0 Å². The number of aliphatic imine (C=N–C) groups is 2. The van der Waals surface area contributed by atoms with Gasteiger partial charge in [-0.05, 0) is 0 Å². The molecule has 0 atom stereocenters. The number of azo groups is 1. The number of hydrogen-bond donors (Lipinski definition) is 0. The van der Waals surface area contributed by atoms with E-state index in [0.717, 1.165) is 0 Å². The Morgan fingerprint density at radius 2 is 1.42 bits per heavy atom. The number of amidine groups is 2. The molecule has 12 heavy (non-hydrogen) atoms. The number of ether oxygens (including phenoxy) is 2. The summed E-state index contributed by atoms with van der Waals surface area (Å²) in [6.07, 6.45) is 0. The van der Waals surface area contributed by atoms with E-state index in [1.807, 2.05) is 0 Å². The van der Waals surface area contributed by atoms with Gasteiger partial charge in [-0.2, -0.15) is 0 Å². The summed E-state index contributed by atoms with van der Waals surface area (Å²) >= 11 is 0. The van der Waals surface area contributed by atoms with Gasteiger partial charge in [0.1, 0.15) is 13.2 Å². The van der Waals surface area contributed by atoms with Crippen LogP contribution in [-0.4, -0.2) is 38.3 Å². The molecule has 0 fully saturated rings. The predicted molar refractivity (Wildman–Crippen MR) is 41.4 cm³/mol. The summed E-state index contributed by atoms with van der Waals surface area (Å²) in [5.41, 5.74) is 0. The van der Waals surface area contributed by atoms with Gasteiger partial charge in [0.2, 0.25) is 0 Å². The van der Waals surface area contributed by atoms with Crippen molar-refractivity contribution in [3.05, 3.63) is 0 Å². The maximum absolute atomic E-state index is 4.99.